The van der Waals surface area contributed by atoms with Crippen molar-refractivity contribution in [2.45, 2.75) is 5.16 Å². The van der Waals surface area contributed by atoms with Crippen LogP contribution in [-0.4, -0.2) is 30.0 Å². The van der Waals surface area contributed by atoms with E-state index in [-0.39, 0.29) is 5.16 Å². The minimum Gasteiger partial charge on any atom is -0.324 e. The Hall–Kier alpha value is -2.28. The lowest BCUT2D eigenvalue weighted by Gasteiger charge is -2.08. The third-order valence-corrected chi connectivity index (χ3v) is 3.22. The molecule has 1 aromatic carbocycles. The summed E-state index contributed by atoms with van der Waals surface area (Å²) in [6.07, 6.45) is 3.18. The molecule has 0 saturated carbocycles. The first-order valence-electron chi connectivity index (χ1n) is 5.61. The van der Waals surface area contributed by atoms with Gasteiger partial charge in [0.25, 0.3) is 0 Å². The Bertz CT molecular complexity index is 740. The standard InChI is InChI=1S/C12H11N5OS/c1-19(18)12-15-10-7-8-13-17(10)11(16-12)14-9-5-3-2-4-6-9/h2-8H,1H3,(H,14,15,16). The van der Waals surface area contributed by atoms with E-state index >= 15 is 0 Å². The van der Waals surface area contributed by atoms with Gasteiger partial charge in [-0.1, -0.05) is 18.2 Å². The molecule has 0 aliphatic rings. The second-order valence-corrected chi connectivity index (χ2v) is 5.15. The van der Waals surface area contributed by atoms with E-state index in [0.29, 0.717) is 11.6 Å². The summed E-state index contributed by atoms with van der Waals surface area (Å²) >= 11 is 0. The zero-order chi connectivity index (χ0) is 13.2. The van der Waals surface area contributed by atoms with E-state index in [2.05, 4.69) is 20.4 Å². The van der Waals surface area contributed by atoms with Crippen LogP contribution in [0.2, 0.25) is 0 Å². The number of aromatic nitrogens is 4. The van der Waals surface area contributed by atoms with E-state index in [1.807, 2.05) is 30.3 Å². The predicted molar refractivity (Wildman–Crippen MR) is 72.8 cm³/mol. The van der Waals surface area contributed by atoms with E-state index in [4.69, 9.17) is 0 Å². The van der Waals surface area contributed by atoms with Gasteiger partial charge in [-0.2, -0.15) is 14.6 Å². The molecular weight excluding hydrogens is 262 g/mol. The smallest absolute Gasteiger partial charge is 0.232 e. The minimum absolute atomic E-state index is 0.284. The molecule has 0 aliphatic carbocycles. The van der Waals surface area contributed by atoms with Crippen LogP contribution in [0.15, 0.2) is 47.8 Å². The van der Waals surface area contributed by atoms with Crippen LogP contribution in [0.25, 0.3) is 5.65 Å². The lowest BCUT2D eigenvalue weighted by molar-refractivity contribution is 0.678. The molecule has 1 atom stereocenters. The third kappa shape index (κ3) is 2.32. The zero-order valence-corrected chi connectivity index (χ0v) is 11.0. The van der Waals surface area contributed by atoms with E-state index in [9.17, 15) is 4.21 Å². The molecule has 6 nitrogen and oxygen atoms in total. The number of nitrogens with zero attached hydrogens (tertiary/aromatic N) is 4. The Morgan fingerprint density at radius 1 is 1.16 bits per heavy atom. The molecule has 7 heteroatoms. The van der Waals surface area contributed by atoms with E-state index in [1.54, 1.807) is 23.0 Å². The summed E-state index contributed by atoms with van der Waals surface area (Å²) in [6.45, 7) is 0. The van der Waals surface area contributed by atoms with Crippen LogP contribution in [0.4, 0.5) is 11.6 Å². The van der Waals surface area contributed by atoms with Crippen LogP contribution < -0.4 is 5.32 Å². The van der Waals surface area contributed by atoms with Gasteiger partial charge in [0, 0.05) is 18.0 Å². The number of hydrogen-bond donors (Lipinski definition) is 1. The van der Waals surface area contributed by atoms with Crippen LogP contribution >= 0.6 is 0 Å². The Morgan fingerprint density at radius 2 is 1.95 bits per heavy atom. The largest absolute Gasteiger partial charge is 0.324 e. The van der Waals surface area contributed by atoms with Crippen molar-refractivity contribution in [3.63, 3.8) is 0 Å². The second kappa shape index (κ2) is 4.77. The normalized spacial score (nSPS) is 12.5. The summed E-state index contributed by atoms with van der Waals surface area (Å²) in [7, 11) is -1.24. The van der Waals surface area contributed by atoms with Crippen LogP contribution in [0, 0.1) is 0 Å². The van der Waals surface area contributed by atoms with Gasteiger partial charge in [0.2, 0.25) is 11.1 Å². The molecule has 19 heavy (non-hydrogen) atoms. The molecule has 0 radical (unpaired) electrons. The lowest BCUT2D eigenvalue weighted by Crippen LogP contribution is -2.08. The molecule has 2 heterocycles. The Morgan fingerprint density at radius 3 is 2.68 bits per heavy atom. The molecule has 1 N–H and O–H groups in total. The average Bonchev–Trinajstić information content (AvgIpc) is 2.88. The van der Waals surface area contributed by atoms with E-state index < -0.39 is 10.8 Å². The first-order valence-corrected chi connectivity index (χ1v) is 7.17. The second-order valence-electron chi connectivity index (χ2n) is 3.88. The summed E-state index contributed by atoms with van der Waals surface area (Å²) in [5.74, 6) is 0.492. The number of nitrogens with one attached hydrogen (secondary N) is 1. The van der Waals surface area contributed by atoms with Crippen molar-refractivity contribution in [2.75, 3.05) is 11.6 Å². The molecule has 96 valence electrons. The van der Waals surface area contributed by atoms with Crippen molar-refractivity contribution in [1.29, 1.82) is 0 Å². The molecule has 0 spiro atoms. The Labute approximate surface area is 112 Å². The summed E-state index contributed by atoms with van der Waals surface area (Å²) < 4.78 is 13.1. The van der Waals surface area contributed by atoms with Gasteiger partial charge in [-0.25, -0.2) is 4.98 Å². The molecule has 0 aliphatic heterocycles. The molecule has 0 amide bonds. The fourth-order valence-electron chi connectivity index (χ4n) is 1.67. The first-order chi connectivity index (χ1) is 9.24. The van der Waals surface area contributed by atoms with Gasteiger partial charge in [-0.3, -0.25) is 4.21 Å². The highest BCUT2D eigenvalue weighted by molar-refractivity contribution is 7.84. The molecule has 0 saturated heterocycles. The highest BCUT2D eigenvalue weighted by Gasteiger charge is 2.10. The Kier molecular flexibility index (Phi) is 2.96. The predicted octanol–water partition coefficient (Wildman–Crippen LogP) is 1.61. The molecule has 3 rings (SSSR count). The quantitative estimate of drug-likeness (QED) is 0.785. The van der Waals surface area contributed by atoms with Gasteiger partial charge in [0.05, 0.1) is 17.0 Å². The number of hydrogen-bond acceptors (Lipinski definition) is 5. The molecular formula is C12H11N5OS. The molecule has 0 fully saturated rings. The summed E-state index contributed by atoms with van der Waals surface area (Å²) in [6, 6.07) is 11.3. The van der Waals surface area contributed by atoms with Crippen molar-refractivity contribution < 1.29 is 4.21 Å². The van der Waals surface area contributed by atoms with E-state index in [0.717, 1.165) is 5.69 Å². The molecule has 1 unspecified atom stereocenters. The van der Waals surface area contributed by atoms with Crippen LogP contribution in [0.1, 0.15) is 0 Å². The molecule has 0 bridgehead atoms. The zero-order valence-electron chi connectivity index (χ0n) is 10.1. The van der Waals surface area contributed by atoms with Gasteiger partial charge < -0.3 is 5.32 Å². The number of anilines is 2. The summed E-state index contributed by atoms with van der Waals surface area (Å²) in [5.41, 5.74) is 1.49. The number of rotatable bonds is 3. The SMILES string of the molecule is CS(=O)c1nc(Nc2ccccc2)n2nccc2n1. The lowest BCUT2D eigenvalue weighted by atomic mass is 10.3. The van der Waals surface area contributed by atoms with Crippen molar-refractivity contribution in [1.82, 2.24) is 19.6 Å². The molecule has 2 aromatic heterocycles. The monoisotopic (exact) mass is 273 g/mol. The maximum atomic E-state index is 11.5. The van der Waals surface area contributed by atoms with Gasteiger partial charge in [0.1, 0.15) is 0 Å². The fourth-order valence-corrected chi connectivity index (χ4v) is 2.10. The maximum Gasteiger partial charge on any atom is 0.232 e. The number of benzene rings is 1. The Balaban J connectivity index is 2.11. The van der Waals surface area contributed by atoms with Gasteiger partial charge >= 0.3 is 0 Å². The fraction of sp³-hybridized carbons (Fsp3) is 0.0833. The summed E-state index contributed by atoms with van der Waals surface area (Å²) in [4.78, 5) is 8.43. The number of fused-ring (bicyclic) bond motifs is 1. The average molecular weight is 273 g/mol. The number of para-hydroxylation sites is 1. The highest BCUT2D eigenvalue weighted by atomic mass is 32.2. The maximum absolute atomic E-state index is 11.5. The topological polar surface area (TPSA) is 72.2 Å². The van der Waals surface area contributed by atoms with Crippen LogP contribution in [0.3, 0.4) is 0 Å². The van der Waals surface area contributed by atoms with Crippen LogP contribution in [-0.2, 0) is 10.8 Å². The van der Waals surface area contributed by atoms with Crippen molar-refractivity contribution >= 4 is 28.1 Å². The van der Waals surface area contributed by atoms with Crippen molar-refractivity contribution in [3.05, 3.63) is 42.6 Å². The van der Waals surface area contributed by atoms with Gasteiger partial charge in [-0.05, 0) is 12.1 Å². The van der Waals surface area contributed by atoms with Crippen molar-refractivity contribution in [2.24, 2.45) is 0 Å². The third-order valence-electron chi connectivity index (χ3n) is 2.52. The first kappa shape index (κ1) is 11.8. The van der Waals surface area contributed by atoms with Crippen LogP contribution in [0.5, 0.6) is 0 Å². The van der Waals surface area contributed by atoms with Gasteiger partial charge in [-0.15, -0.1) is 0 Å². The van der Waals surface area contributed by atoms with Crippen molar-refractivity contribution in [3.8, 4) is 0 Å². The minimum atomic E-state index is -1.24. The van der Waals surface area contributed by atoms with E-state index in [1.165, 1.54) is 0 Å². The summed E-state index contributed by atoms with van der Waals surface area (Å²) in [5, 5.41) is 7.57. The van der Waals surface area contributed by atoms with Gasteiger partial charge in [0.15, 0.2) is 5.65 Å². The molecule has 3 aromatic rings. The highest BCUT2D eigenvalue weighted by Crippen LogP contribution is 2.15.